The van der Waals surface area contributed by atoms with Crippen LogP contribution in [0.2, 0.25) is 0 Å². The molecule has 1 aromatic rings. The van der Waals surface area contributed by atoms with Crippen molar-refractivity contribution in [3.8, 4) is 0 Å². The zero-order valence-corrected chi connectivity index (χ0v) is 14.1. The molecule has 1 heterocycles. The lowest BCUT2D eigenvalue weighted by molar-refractivity contribution is -0.133. The number of amides is 3. The first-order chi connectivity index (χ1) is 9.79. The summed E-state index contributed by atoms with van der Waals surface area (Å²) >= 11 is 4.73. The Morgan fingerprint density at radius 2 is 1.90 bits per heavy atom. The summed E-state index contributed by atoms with van der Waals surface area (Å²) in [6, 6.07) is 7.09. The number of Topliss-reactive ketones (excluding diaryl/α,β-unsaturated/α-hetero) is 1. The summed E-state index contributed by atoms with van der Waals surface area (Å²) in [6.45, 7) is 3.06. The average molecular weight is 371 g/mol. The van der Waals surface area contributed by atoms with Crippen LogP contribution in [0, 0.1) is 0 Å². The second-order valence-electron chi connectivity index (χ2n) is 5.23. The van der Waals surface area contributed by atoms with E-state index in [9.17, 15) is 14.4 Å². The van der Waals surface area contributed by atoms with Crippen LogP contribution in [0.3, 0.4) is 0 Å². The smallest absolute Gasteiger partial charge is 0.324 e. The fourth-order valence-electron chi connectivity index (χ4n) is 1.88. The number of hydrogen-bond donors (Lipinski definition) is 1. The van der Waals surface area contributed by atoms with Crippen molar-refractivity contribution in [2.75, 3.05) is 12.3 Å². The van der Waals surface area contributed by atoms with E-state index in [2.05, 4.69) is 21.2 Å². The molecule has 0 aliphatic carbocycles. The second kappa shape index (κ2) is 6.19. The van der Waals surface area contributed by atoms with E-state index in [0.717, 1.165) is 14.3 Å². The van der Waals surface area contributed by atoms with Gasteiger partial charge >= 0.3 is 6.03 Å². The molecule has 3 amide bonds. The van der Waals surface area contributed by atoms with Crippen molar-refractivity contribution in [1.82, 2.24) is 10.2 Å². The van der Waals surface area contributed by atoms with E-state index in [-0.39, 0.29) is 24.0 Å². The zero-order valence-electron chi connectivity index (χ0n) is 11.7. The van der Waals surface area contributed by atoms with Crippen molar-refractivity contribution >= 4 is 45.4 Å². The van der Waals surface area contributed by atoms with Crippen LogP contribution in [0.15, 0.2) is 33.6 Å². The van der Waals surface area contributed by atoms with E-state index in [1.54, 1.807) is 13.8 Å². The highest BCUT2D eigenvalue weighted by atomic mass is 79.9. The Labute approximate surface area is 135 Å². The van der Waals surface area contributed by atoms with Crippen LogP contribution in [0.1, 0.15) is 13.8 Å². The van der Waals surface area contributed by atoms with Gasteiger partial charge in [0.15, 0.2) is 5.78 Å². The van der Waals surface area contributed by atoms with E-state index in [1.165, 1.54) is 11.8 Å². The zero-order chi connectivity index (χ0) is 15.6. The summed E-state index contributed by atoms with van der Waals surface area (Å²) in [5.41, 5.74) is -0.934. The van der Waals surface area contributed by atoms with Crippen LogP contribution in [-0.2, 0) is 9.59 Å². The summed E-state index contributed by atoms with van der Waals surface area (Å²) in [5, 5.41) is 2.55. The first-order valence-electron chi connectivity index (χ1n) is 6.34. The average Bonchev–Trinajstić information content (AvgIpc) is 2.60. The number of halogens is 1. The van der Waals surface area contributed by atoms with Crippen molar-refractivity contribution in [3.05, 3.63) is 28.7 Å². The van der Waals surface area contributed by atoms with Gasteiger partial charge in [0.2, 0.25) is 0 Å². The summed E-state index contributed by atoms with van der Waals surface area (Å²) in [4.78, 5) is 37.5. The van der Waals surface area contributed by atoms with Crippen molar-refractivity contribution in [2.45, 2.75) is 24.3 Å². The first kappa shape index (κ1) is 16.0. The topological polar surface area (TPSA) is 66.5 Å². The highest BCUT2D eigenvalue weighted by molar-refractivity contribution is 9.10. The van der Waals surface area contributed by atoms with Gasteiger partial charge in [-0.1, -0.05) is 15.9 Å². The van der Waals surface area contributed by atoms with Crippen LogP contribution in [0.4, 0.5) is 4.79 Å². The van der Waals surface area contributed by atoms with Gasteiger partial charge in [0, 0.05) is 9.37 Å². The van der Waals surface area contributed by atoms with Crippen LogP contribution < -0.4 is 5.32 Å². The number of ketones is 1. The molecular formula is C14H15BrN2O3S. The molecule has 7 heteroatoms. The summed E-state index contributed by atoms with van der Waals surface area (Å²) < 4.78 is 0.972. The lowest BCUT2D eigenvalue weighted by Gasteiger charge is -2.15. The van der Waals surface area contributed by atoms with Crippen LogP contribution >= 0.6 is 27.7 Å². The number of benzene rings is 1. The van der Waals surface area contributed by atoms with E-state index >= 15 is 0 Å². The minimum atomic E-state index is -0.934. The predicted molar refractivity (Wildman–Crippen MR) is 84.2 cm³/mol. The summed E-state index contributed by atoms with van der Waals surface area (Å²) in [6.07, 6.45) is 0. The monoisotopic (exact) mass is 370 g/mol. The molecule has 0 aromatic heterocycles. The fourth-order valence-corrected chi connectivity index (χ4v) is 2.89. The minimum Gasteiger partial charge on any atom is -0.324 e. The molecular weight excluding hydrogens is 356 g/mol. The Morgan fingerprint density at radius 1 is 1.29 bits per heavy atom. The largest absolute Gasteiger partial charge is 0.325 e. The molecule has 0 spiro atoms. The third kappa shape index (κ3) is 3.85. The third-order valence-electron chi connectivity index (χ3n) is 2.99. The van der Waals surface area contributed by atoms with Crippen LogP contribution in [-0.4, -0.2) is 40.5 Å². The molecule has 1 fully saturated rings. The number of urea groups is 1. The number of carbonyl (C=O) groups excluding carboxylic acids is 3. The Bertz CT molecular complexity index is 586. The first-order valence-corrected chi connectivity index (χ1v) is 8.11. The van der Waals surface area contributed by atoms with Gasteiger partial charge in [-0.25, -0.2) is 4.79 Å². The van der Waals surface area contributed by atoms with E-state index in [0.29, 0.717) is 0 Å². The van der Waals surface area contributed by atoms with Gasteiger partial charge in [-0.05, 0) is 38.1 Å². The Hall–Kier alpha value is -1.34. The standard InChI is InChI=1S/C14H15BrN2O3S/c1-14(2)12(19)17(13(20)16-14)7-10(18)8-21-11-5-3-9(15)4-6-11/h3-6H,7-8H2,1-2H3,(H,16,20). The molecule has 0 unspecified atom stereocenters. The maximum atomic E-state index is 12.0. The molecule has 1 N–H and O–H groups in total. The summed E-state index contributed by atoms with van der Waals surface area (Å²) in [7, 11) is 0. The van der Waals surface area contributed by atoms with Gasteiger partial charge in [-0.2, -0.15) is 0 Å². The van der Waals surface area contributed by atoms with Crippen molar-refractivity contribution < 1.29 is 14.4 Å². The van der Waals surface area contributed by atoms with Gasteiger partial charge in [0.25, 0.3) is 5.91 Å². The predicted octanol–water partition coefficient (Wildman–Crippen LogP) is 2.44. The maximum absolute atomic E-state index is 12.0. The number of nitrogens with one attached hydrogen (secondary N) is 1. The van der Waals surface area contributed by atoms with Crippen molar-refractivity contribution in [3.63, 3.8) is 0 Å². The fraction of sp³-hybridized carbons (Fsp3) is 0.357. The molecule has 1 aromatic carbocycles. The number of thioether (sulfide) groups is 1. The van der Waals surface area contributed by atoms with Gasteiger partial charge in [0.05, 0.1) is 12.3 Å². The Balaban J connectivity index is 1.89. The maximum Gasteiger partial charge on any atom is 0.325 e. The van der Waals surface area contributed by atoms with Gasteiger partial charge < -0.3 is 5.32 Å². The molecule has 2 rings (SSSR count). The highest BCUT2D eigenvalue weighted by Gasteiger charge is 2.44. The molecule has 0 radical (unpaired) electrons. The van der Waals surface area contributed by atoms with E-state index in [4.69, 9.17) is 0 Å². The lowest BCUT2D eigenvalue weighted by Crippen LogP contribution is -2.41. The van der Waals surface area contributed by atoms with Crippen LogP contribution in [0.25, 0.3) is 0 Å². The Morgan fingerprint density at radius 3 is 2.43 bits per heavy atom. The third-order valence-corrected chi connectivity index (χ3v) is 4.59. The molecule has 0 atom stereocenters. The number of nitrogens with zero attached hydrogens (tertiary/aromatic N) is 1. The van der Waals surface area contributed by atoms with Gasteiger partial charge in [0.1, 0.15) is 5.54 Å². The molecule has 5 nitrogen and oxygen atoms in total. The summed E-state index contributed by atoms with van der Waals surface area (Å²) in [5.74, 6) is -0.308. The normalized spacial score (nSPS) is 17.0. The minimum absolute atomic E-state index is 0.163. The van der Waals surface area contributed by atoms with Gasteiger partial charge in [-0.15, -0.1) is 11.8 Å². The molecule has 21 heavy (non-hydrogen) atoms. The lowest BCUT2D eigenvalue weighted by atomic mass is 10.1. The van der Waals surface area contributed by atoms with Gasteiger partial charge in [-0.3, -0.25) is 14.5 Å². The van der Waals surface area contributed by atoms with Crippen molar-refractivity contribution in [1.29, 1.82) is 0 Å². The Kier molecular flexibility index (Phi) is 4.73. The number of hydrogen-bond acceptors (Lipinski definition) is 4. The molecule has 0 bridgehead atoms. The molecule has 1 aliphatic heterocycles. The second-order valence-corrected chi connectivity index (χ2v) is 7.19. The molecule has 1 saturated heterocycles. The van der Waals surface area contributed by atoms with Crippen LogP contribution in [0.5, 0.6) is 0 Å². The highest BCUT2D eigenvalue weighted by Crippen LogP contribution is 2.21. The molecule has 1 aliphatic rings. The van der Waals surface area contributed by atoms with Crippen molar-refractivity contribution in [2.24, 2.45) is 0 Å². The van der Waals surface area contributed by atoms with E-state index < -0.39 is 11.6 Å². The number of carbonyl (C=O) groups is 3. The number of rotatable bonds is 5. The quantitative estimate of drug-likeness (QED) is 0.638. The number of imide groups is 1. The molecule has 0 saturated carbocycles. The SMILES string of the molecule is CC1(C)NC(=O)N(CC(=O)CSc2ccc(Br)cc2)C1=O. The van der Waals surface area contributed by atoms with E-state index in [1.807, 2.05) is 24.3 Å². The molecule has 112 valence electrons.